The average Bonchev–Trinajstić information content (AvgIpc) is 3.18. The topological polar surface area (TPSA) is 36.3 Å². The van der Waals surface area contributed by atoms with Crippen LogP contribution in [0.2, 0.25) is 0 Å². The number of hydrogen-bond donors (Lipinski definition) is 0. The maximum absolute atomic E-state index is 13.4. The molecule has 0 spiro atoms. The van der Waals surface area contributed by atoms with Gasteiger partial charge in [-0.05, 0) is 53.9 Å². The molecule has 32 heavy (non-hydrogen) atoms. The van der Waals surface area contributed by atoms with Gasteiger partial charge in [0.1, 0.15) is 11.5 Å². The number of alkyl halides is 3. The van der Waals surface area contributed by atoms with Crippen LogP contribution in [0.15, 0.2) is 72.8 Å². The molecule has 0 atom stereocenters. The van der Waals surface area contributed by atoms with Gasteiger partial charge < -0.3 is 14.0 Å². The highest BCUT2D eigenvalue weighted by molar-refractivity contribution is 5.76. The fourth-order valence-corrected chi connectivity index (χ4v) is 3.59. The average molecular weight is 440 g/mol. The number of ether oxygens (including phenoxy) is 2. The van der Waals surface area contributed by atoms with Crippen LogP contribution in [0.25, 0.3) is 11.0 Å². The molecule has 7 heteroatoms. The molecule has 1 heterocycles. The van der Waals surface area contributed by atoms with Crippen molar-refractivity contribution in [1.82, 2.24) is 9.55 Å². The molecule has 0 radical (unpaired) electrons. The van der Waals surface area contributed by atoms with Crippen molar-refractivity contribution >= 4 is 11.0 Å². The van der Waals surface area contributed by atoms with Crippen molar-refractivity contribution in [2.75, 3.05) is 13.7 Å². The molecule has 4 nitrogen and oxygen atoms in total. The van der Waals surface area contributed by atoms with Gasteiger partial charge in [-0.3, -0.25) is 0 Å². The van der Waals surface area contributed by atoms with E-state index in [0.29, 0.717) is 24.1 Å². The number of aryl methyl sites for hydroxylation is 2. The molecule has 0 N–H and O–H groups in total. The summed E-state index contributed by atoms with van der Waals surface area (Å²) in [4.78, 5) is 3.79. The van der Waals surface area contributed by atoms with Crippen LogP contribution in [0.3, 0.4) is 0 Å². The number of hydrogen-bond acceptors (Lipinski definition) is 3. The standard InChI is InChI=1S/C25H23F3N2O2/c1-31-20-10-6-19(7-11-20)15-17-32-21-12-8-18(9-13-21)14-16-30-23-5-3-2-4-22(23)29-24(30)25(26,27)28/h2-13H,14-17H2,1H3. The predicted octanol–water partition coefficient (Wildman–Crippen LogP) is 5.93. The van der Waals surface area contributed by atoms with Gasteiger partial charge in [-0.15, -0.1) is 0 Å². The fraction of sp³-hybridized carbons (Fsp3) is 0.240. The molecule has 4 aromatic rings. The van der Waals surface area contributed by atoms with E-state index in [1.165, 1.54) is 4.57 Å². The SMILES string of the molecule is COc1ccc(CCOc2ccc(CCn3c(C(F)(F)F)nc4ccccc43)cc2)cc1. The van der Waals surface area contributed by atoms with Crippen LogP contribution in [0.5, 0.6) is 11.5 Å². The normalized spacial score (nSPS) is 11.6. The van der Waals surface area contributed by atoms with Crippen LogP contribution < -0.4 is 9.47 Å². The first-order valence-corrected chi connectivity index (χ1v) is 10.3. The summed E-state index contributed by atoms with van der Waals surface area (Å²) in [7, 11) is 1.63. The lowest BCUT2D eigenvalue weighted by Crippen LogP contribution is -2.16. The van der Waals surface area contributed by atoms with Gasteiger partial charge in [0.2, 0.25) is 5.82 Å². The third kappa shape index (κ3) is 5.04. The van der Waals surface area contributed by atoms with Gasteiger partial charge in [0.05, 0.1) is 24.8 Å². The van der Waals surface area contributed by atoms with Gasteiger partial charge in [0.25, 0.3) is 0 Å². The molecule has 0 aliphatic carbocycles. The first kappa shape index (κ1) is 21.7. The number of halogens is 3. The van der Waals surface area contributed by atoms with E-state index in [0.717, 1.165) is 29.0 Å². The summed E-state index contributed by atoms with van der Waals surface area (Å²) in [5.74, 6) is 0.680. The molecular weight excluding hydrogens is 417 g/mol. The Morgan fingerprint density at radius 2 is 1.44 bits per heavy atom. The first-order valence-electron chi connectivity index (χ1n) is 10.3. The highest BCUT2D eigenvalue weighted by Gasteiger charge is 2.37. The molecule has 0 bridgehead atoms. The molecule has 0 aliphatic heterocycles. The molecule has 1 aromatic heterocycles. The number of aromatic nitrogens is 2. The van der Waals surface area contributed by atoms with Gasteiger partial charge in [-0.25, -0.2) is 4.98 Å². The number of benzene rings is 3. The van der Waals surface area contributed by atoms with Gasteiger partial charge >= 0.3 is 6.18 Å². The Labute approximate surface area is 184 Å². The Bertz CT molecular complexity index is 1170. The predicted molar refractivity (Wildman–Crippen MR) is 117 cm³/mol. The van der Waals surface area contributed by atoms with Crippen LogP contribution in [-0.4, -0.2) is 23.3 Å². The van der Waals surface area contributed by atoms with E-state index >= 15 is 0 Å². The Kier molecular flexibility index (Phi) is 6.35. The number of para-hydroxylation sites is 2. The minimum absolute atomic E-state index is 0.188. The summed E-state index contributed by atoms with van der Waals surface area (Å²) in [6, 6.07) is 22.0. The van der Waals surface area contributed by atoms with Gasteiger partial charge in [-0.1, -0.05) is 36.4 Å². The van der Waals surface area contributed by atoms with Crippen LogP contribution in [0.4, 0.5) is 13.2 Å². The Morgan fingerprint density at radius 3 is 2.09 bits per heavy atom. The summed E-state index contributed by atoms with van der Waals surface area (Å²) in [6.07, 6.45) is -3.28. The van der Waals surface area contributed by atoms with Gasteiger partial charge in [-0.2, -0.15) is 13.2 Å². The molecule has 0 unspecified atom stereocenters. The third-order valence-corrected chi connectivity index (χ3v) is 5.27. The molecule has 3 aromatic carbocycles. The number of imidazole rings is 1. The number of methoxy groups -OCH3 is 1. The molecule has 4 rings (SSSR count). The molecule has 0 saturated heterocycles. The second-order valence-corrected chi connectivity index (χ2v) is 7.41. The van der Waals surface area contributed by atoms with Crippen molar-refractivity contribution in [3.8, 4) is 11.5 Å². The Balaban J connectivity index is 1.36. The summed E-state index contributed by atoms with van der Waals surface area (Å²) in [6.45, 7) is 0.717. The van der Waals surface area contributed by atoms with Crippen LogP contribution in [-0.2, 0) is 25.6 Å². The van der Waals surface area contributed by atoms with Crippen LogP contribution in [0.1, 0.15) is 17.0 Å². The summed E-state index contributed by atoms with van der Waals surface area (Å²) >= 11 is 0. The zero-order chi connectivity index (χ0) is 22.6. The van der Waals surface area contributed by atoms with Crippen LogP contribution >= 0.6 is 0 Å². The minimum atomic E-state index is -4.50. The van der Waals surface area contributed by atoms with E-state index in [-0.39, 0.29) is 6.54 Å². The quantitative estimate of drug-likeness (QED) is 0.341. The molecule has 0 amide bonds. The molecule has 0 aliphatic rings. The fourth-order valence-electron chi connectivity index (χ4n) is 3.59. The van der Waals surface area contributed by atoms with Crippen molar-refractivity contribution < 1.29 is 22.6 Å². The monoisotopic (exact) mass is 440 g/mol. The van der Waals surface area contributed by atoms with E-state index in [1.807, 2.05) is 48.5 Å². The van der Waals surface area contributed by atoms with E-state index in [9.17, 15) is 13.2 Å². The lowest BCUT2D eigenvalue weighted by molar-refractivity contribution is -0.146. The first-order chi connectivity index (χ1) is 15.4. The van der Waals surface area contributed by atoms with Crippen molar-refractivity contribution in [2.45, 2.75) is 25.6 Å². The van der Waals surface area contributed by atoms with Crippen molar-refractivity contribution in [1.29, 1.82) is 0 Å². The number of rotatable bonds is 8. The van der Waals surface area contributed by atoms with Gasteiger partial charge in [0.15, 0.2) is 0 Å². The summed E-state index contributed by atoms with van der Waals surface area (Å²) in [5, 5.41) is 0. The largest absolute Gasteiger partial charge is 0.497 e. The molecular formula is C25H23F3N2O2. The van der Waals surface area contributed by atoms with E-state index in [4.69, 9.17) is 9.47 Å². The minimum Gasteiger partial charge on any atom is -0.497 e. The molecule has 0 fully saturated rings. The van der Waals surface area contributed by atoms with Crippen LogP contribution in [0, 0.1) is 0 Å². The van der Waals surface area contributed by atoms with Gasteiger partial charge in [0, 0.05) is 13.0 Å². The van der Waals surface area contributed by atoms with E-state index < -0.39 is 12.0 Å². The van der Waals surface area contributed by atoms with Crippen molar-refractivity contribution in [2.24, 2.45) is 0 Å². The highest BCUT2D eigenvalue weighted by atomic mass is 19.4. The summed E-state index contributed by atoms with van der Waals surface area (Å²) < 4.78 is 52.5. The van der Waals surface area contributed by atoms with E-state index in [2.05, 4.69) is 4.98 Å². The number of nitrogens with zero attached hydrogens (tertiary/aromatic N) is 2. The molecule has 0 saturated carbocycles. The van der Waals surface area contributed by atoms with E-state index in [1.54, 1.807) is 31.4 Å². The van der Waals surface area contributed by atoms with Crippen molar-refractivity contribution in [3.05, 3.63) is 89.7 Å². The zero-order valence-corrected chi connectivity index (χ0v) is 17.6. The number of fused-ring (bicyclic) bond motifs is 1. The summed E-state index contributed by atoms with van der Waals surface area (Å²) in [5.41, 5.74) is 2.91. The second kappa shape index (κ2) is 9.34. The molecule has 166 valence electrons. The van der Waals surface area contributed by atoms with Crippen molar-refractivity contribution in [3.63, 3.8) is 0 Å². The highest BCUT2D eigenvalue weighted by Crippen LogP contribution is 2.31. The maximum Gasteiger partial charge on any atom is 0.449 e. The Morgan fingerprint density at radius 1 is 0.812 bits per heavy atom. The third-order valence-electron chi connectivity index (χ3n) is 5.27. The second-order valence-electron chi connectivity index (χ2n) is 7.41. The zero-order valence-electron chi connectivity index (χ0n) is 17.6. The lowest BCUT2D eigenvalue weighted by atomic mass is 10.1. The maximum atomic E-state index is 13.4. The Hall–Kier alpha value is -3.48. The smallest absolute Gasteiger partial charge is 0.449 e. The lowest BCUT2D eigenvalue weighted by Gasteiger charge is -2.12.